The van der Waals surface area contributed by atoms with Crippen molar-refractivity contribution in [1.82, 2.24) is 0 Å². The molecule has 0 radical (unpaired) electrons. The number of aryl methyl sites for hydroxylation is 2. The fourth-order valence-electron chi connectivity index (χ4n) is 3.58. The van der Waals surface area contributed by atoms with Gasteiger partial charge in [0.2, 0.25) is 15.6 Å². The number of sulfone groups is 1. The van der Waals surface area contributed by atoms with Gasteiger partial charge in [0, 0.05) is 17.5 Å². The fourth-order valence-corrected chi connectivity index (χ4v) is 5.11. The lowest BCUT2D eigenvalue weighted by Crippen LogP contribution is -2.26. The van der Waals surface area contributed by atoms with Crippen molar-refractivity contribution in [2.45, 2.75) is 18.7 Å². The third-order valence-electron chi connectivity index (χ3n) is 5.05. The molecule has 0 saturated carbocycles. The highest BCUT2D eigenvalue weighted by atomic mass is 32.2. The van der Waals surface area contributed by atoms with Crippen LogP contribution < -0.4 is 4.90 Å². The van der Waals surface area contributed by atoms with E-state index in [0.29, 0.717) is 28.1 Å². The first-order valence-corrected chi connectivity index (χ1v) is 10.8. The maximum atomic E-state index is 13.3. The molecule has 0 N–H and O–H groups in total. The molecule has 1 heterocycles. The van der Waals surface area contributed by atoms with Gasteiger partial charge in [0.25, 0.3) is 0 Å². The number of ketones is 1. The molecular weight excluding hydrogens is 396 g/mol. The molecule has 0 aromatic heterocycles. The lowest BCUT2D eigenvalue weighted by molar-refractivity contribution is 0.104. The van der Waals surface area contributed by atoms with Gasteiger partial charge in [0.05, 0.1) is 22.2 Å². The normalized spacial score (nSPS) is 14.4. The number of hydrogen-bond donors (Lipinski definition) is 0. The van der Waals surface area contributed by atoms with Crippen molar-refractivity contribution in [2.24, 2.45) is 0 Å². The van der Waals surface area contributed by atoms with Gasteiger partial charge in [-0.15, -0.1) is 0 Å². The van der Waals surface area contributed by atoms with Crippen LogP contribution in [0.5, 0.6) is 0 Å². The van der Waals surface area contributed by atoms with Crippen molar-refractivity contribution in [1.29, 1.82) is 5.26 Å². The van der Waals surface area contributed by atoms with Crippen LogP contribution in [-0.4, -0.2) is 14.2 Å². The first kappa shape index (κ1) is 19.6. The molecule has 0 fully saturated rings. The summed E-state index contributed by atoms with van der Waals surface area (Å²) in [7, 11) is -4.01. The molecule has 30 heavy (non-hydrogen) atoms. The third kappa shape index (κ3) is 3.19. The number of rotatable bonds is 3. The number of benzene rings is 3. The highest BCUT2D eigenvalue weighted by molar-refractivity contribution is 7.96. The summed E-state index contributed by atoms with van der Waals surface area (Å²) >= 11 is 0. The summed E-state index contributed by atoms with van der Waals surface area (Å²) in [5.41, 5.74) is 3.53. The number of nitrogens with zero attached hydrogens (tertiary/aromatic N) is 2. The van der Waals surface area contributed by atoms with Crippen LogP contribution in [0.3, 0.4) is 0 Å². The number of carbonyl (C=O) groups excluding carboxylic acids is 1. The summed E-state index contributed by atoms with van der Waals surface area (Å²) in [6.07, 6.45) is 1.36. The first-order valence-electron chi connectivity index (χ1n) is 9.30. The predicted molar refractivity (Wildman–Crippen MR) is 115 cm³/mol. The predicted octanol–water partition coefficient (Wildman–Crippen LogP) is 4.82. The average Bonchev–Trinajstić information content (AvgIpc) is 2.73. The van der Waals surface area contributed by atoms with Gasteiger partial charge in [-0.1, -0.05) is 42.0 Å². The highest BCUT2D eigenvalue weighted by Gasteiger charge is 2.36. The van der Waals surface area contributed by atoms with Crippen molar-refractivity contribution >= 4 is 27.0 Å². The zero-order chi connectivity index (χ0) is 21.5. The number of nitriles is 1. The number of anilines is 2. The summed E-state index contributed by atoms with van der Waals surface area (Å²) in [6, 6.07) is 20.7. The molecule has 0 atom stereocenters. The molecule has 1 aliphatic heterocycles. The Morgan fingerprint density at radius 3 is 2.47 bits per heavy atom. The summed E-state index contributed by atoms with van der Waals surface area (Å²) in [5.74, 6) is -0.552. The molecular formula is C24H18N2O3S. The van der Waals surface area contributed by atoms with Crippen LogP contribution in [-0.2, 0) is 9.84 Å². The molecule has 5 nitrogen and oxygen atoms in total. The van der Waals surface area contributed by atoms with Crippen LogP contribution in [0.1, 0.15) is 27.0 Å². The first-order chi connectivity index (χ1) is 14.3. The van der Waals surface area contributed by atoms with Crippen LogP contribution in [0, 0.1) is 25.2 Å². The largest absolute Gasteiger partial charge is 0.314 e. The van der Waals surface area contributed by atoms with E-state index in [1.54, 1.807) is 66.4 Å². The van der Waals surface area contributed by atoms with Crippen LogP contribution in [0.2, 0.25) is 0 Å². The van der Waals surface area contributed by atoms with Crippen molar-refractivity contribution < 1.29 is 13.2 Å². The second kappa shape index (κ2) is 7.29. The second-order valence-electron chi connectivity index (χ2n) is 7.14. The quantitative estimate of drug-likeness (QED) is 0.574. The molecule has 0 spiro atoms. The standard InChI is InChI=1S/C24H18N2O3S/c1-16-10-11-20(17(2)12-16)24(27)23-15-26(19-7-5-6-18(13-19)14-25)21-8-3-4-9-22(21)30(23,28)29/h3-13,15H,1-2H3. The molecule has 6 heteroatoms. The van der Waals surface area contributed by atoms with E-state index < -0.39 is 15.6 Å². The summed E-state index contributed by atoms with van der Waals surface area (Å²) < 4.78 is 26.7. The summed E-state index contributed by atoms with van der Waals surface area (Å²) in [6.45, 7) is 3.70. The summed E-state index contributed by atoms with van der Waals surface area (Å²) in [4.78, 5) is 14.7. The Balaban J connectivity index is 1.94. The molecule has 4 rings (SSSR count). The average molecular weight is 414 g/mol. The molecule has 0 bridgehead atoms. The van der Waals surface area contributed by atoms with Crippen LogP contribution in [0.4, 0.5) is 11.4 Å². The molecule has 0 saturated heterocycles. The summed E-state index contributed by atoms with van der Waals surface area (Å²) in [5, 5.41) is 9.25. The van der Waals surface area contributed by atoms with Crippen LogP contribution in [0.15, 0.2) is 82.7 Å². The topological polar surface area (TPSA) is 78.2 Å². The van der Waals surface area contributed by atoms with Gasteiger partial charge < -0.3 is 4.90 Å². The monoisotopic (exact) mass is 414 g/mol. The maximum absolute atomic E-state index is 13.3. The van der Waals surface area contributed by atoms with Gasteiger partial charge in [-0.2, -0.15) is 5.26 Å². The molecule has 0 amide bonds. The molecule has 3 aromatic rings. The highest BCUT2D eigenvalue weighted by Crippen LogP contribution is 2.40. The number of allylic oxidation sites excluding steroid dienone is 1. The van der Waals surface area contributed by atoms with Gasteiger partial charge in [-0.3, -0.25) is 4.79 Å². The number of para-hydroxylation sites is 1. The fraction of sp³-hybridized carbons (Fsp3) is 0.0833. The Morgan fingerprint density at radius 1 is 0.967 bits per heavy atom. The molecule has 3 aromatic carbocycles. The van der Waals surface area contributed by atoms with Gasteiger partial charge in [0.1, 0.15) is 4.91 Å². The molecule has 0 aliphatic carbocycles. The van der Waals surface area contributed by atoms with E-state index in [4.69, 9.17) is 0 Å². The zero-order valence-electron chi connectivity index (χ0n) is 16.5. The smallest absolute Gasteiger partial charge is 0.214 e. The van der Waals surface area contributed by atoms with Gasteiger partial charge in [0.15, 0.2) is 0 Å². The van der Waals surface area contributed by atoms with Crippen molar-refractivity contribution in [3.05, 3.63) is 100 Å². The van der Waals surface area contributed by atoms with Gasteiger partial charge in [-0.25, -0.2) is 8.42 Å². The van der Waals surface area contributed by atoms with Crippen molar-refractivity contribution in [3.8, 4) is 6.07 Å². The van der Waals surface area contributed by atoms with Gasteiger partial charge >= 0.3 is 0 Å². The van der Waals surface area contributed by atoms with E-state index in [1.807, 2.05) is 13.0 Å². The minimum Gasteiger partial charge on any atom is -0.314 e. The number of hydrogen-bond acceptors (Lipinski definition) is 5. The molecule has 148 valence electrons. The Hall–Kier alpha value is -3.69. The van der Waals surface area contributed by atoms with Crippen molar-refractivity contribution in [3.63, 3.8) is 0 Å². The Kier molecular flexibility index (Phi) is 4.76. The van der Waals surface area contributed by atoms with E-state index in [1.165, 1.54) is 12.3 Å². The molecule has 0 unspecified atom stereocenters. The number of fused-ring (bicyclic) bond motifs is 1. The minimum atomic E-state index is -4.01. The maximum Gasteiger partial charge on any atom is 0.214 e. The number of Topliss-reactive ketones (excluding diaryl/α,β-unsaturated/α-hetero) is 1. The Labute approximate surface area is 175 Å². The minimum absolute atomic E-state index is 0.0583. The lowest BCUT2D eigenvalue weighted by atomic mass is 10.0. The van der Waals surface area contributed by atoms with Crippen LogP contribution in [0.25, 0.3) is 0 Å². The third-order valence-corrected chi connectivity index (χ3v) is 6.85. The van der Waals surface area contributed by atoms with Crippen LogP contribution >= 0.6 is 0 Å². The van der Waals surface area contributed by atoms with E-state index in [2.05, 4.69) is 6.07 Å². The van der Waals surface area contributed by atoms with E-state index in [9.17, 15) is 18.5 Å². The van der Waals surface area contributed by atoms with E-state index in [-0.39, 0.29) is 9.80 Å². The van der Waals surface area contributed by atoms with Gasteiger partial charge in [-0.05, 0) is 49.7 Å². The van der Waals surface area contributed by atoms with E-state index in [0.717, 1.165) is 5.56 Å². The lowest BCUT2D eigenvalue weighted by Gasteiger charge is -2.29. The van der Waals surface area contributed by atoms with E-state index >= 15 is 0 Å². The zero-order valence-corrected chi connectivity index (χ0v) is 17.3. The van der Waals surface area contributed by atoms with Crippen molar-refractivity contribution in [2.75, 3.05) is 4.90 Å². The Morgan fingerprint density at radius 2 is 1.73 bits per heavy atom. The Bertz CT molecular complexity index is 1370. The number of carbonyl (C=O) groups is 1. The molecule has 1 aliphatic rings. The second-order valence-corrected chi connectivity index (χ2v) is 9.03. The SMILES string of the molecule is Cc1ccc(C(=O)C2=CN(c3cccc(C#N)c3)c3ccccc3S2(=O)=O)c(C)c1.